The summed E-state index contributed by atoms with van der Waals surface area (Å²) in [7, 11) is 1.98. The largest absolute Gasteiger partial charge is 0.376 e. The quantitative estimate of drug-likeness (QED) is 0.511. The van der Waals surface area contributed by atoms with Crippen LogP contribution in [0.15, 0.2) is 12.3 Å². The molecule has 8 heteroatoms. The molecular formula is C30H43N7O. The summed E-state index contributed by atoms with van der Waals surface area (Å²) in [4.78, 5) is 10.0. The maximum atomic E-state index is 5.86. The number of nitrogens with zero attached hydrogens (tertiary/aromatic N) is 7. The van der Waals surface area contributed by atoms with Gasteiger partial charge in [0.15, 0.2) is 5.65 Å². The molecule has 2 saturated carbocycles. The average Bonchev–Trinajstić information content (AvgIpc) is 3.42. The standard InChI is InChI=1S/C30H43N7O/c1-20-14-28(24-16-31-34(4)29(24)32-20)35-11-8-27-25(18-35)22(3)33-37(27)19-30-9-5-6-23(15-30)26(7-10-30)36-12-13-38-21(2)17-36/h14,16,21,23,26H,5-13,15,17-19H2,1-4H3/t21-,23?,26?,30?/m1/s1. The van der Waals surface area contributed by atoms with Crippen LogP contribution in [0.4, 0.5) is 5.69 Å². The van der Waals surface area contributed by atoms with Crippen LogP contribution in [0.1, 0.15) is 68.1 Å². The molecule has 3 aromatic heterocycles. The fourth-order valence-electron chi connectivity index (χ4n) is 8.39. The molecule has 8 nitrogen and oxygen atoms in total. The van der Waals surface area contributed by atoms with Crippen LogP contribution < -0.4 is 4.90 Å². The zero-order valence-electron chi connectivity index (χ0n) is 23.6. The van der Waals surface area contributed by atoms with Crippen LogP contribution in [0.5, 0.6) is 0 Å². The van der Waals surface area contributed by atoms with Crippen molar-refractivity contribution in [3.63, 3.8) is 0 Å². The highest BCUT2D eigenvalue weighted by Gasteiger charge is 2.46. The second-order valence-corrected chi connectivity index (χ2v) is 12.8. The van der Waals surface area contributed by atoms with E-state index in [4.69, 9.17) is 14.8 Å². The third-order valence-electron chi connectivity index (χ3n) is 10.2. The number of aryl methyl sites for hydroxylation is 3. The van der Waals surface area contributed by atoms with E-state index >= 15 is 0 Å². The molecule has 3 aromatic rings. The number of anilines is 1. The maximum Gasteiger partial charge on any atom is 0.159 e. The molecule has 3 unspecified atom stereocenters. The summed E-state index contributed by atoms with van der Waals surface area (Å²) < 4.78 is 10.2. The Hall–Kier alpha value is -2.45. The van der Waals surface area contributed by atoms with Crippen molar-refractivity contribution in [2.24, 2.45) is 18.4 Å². The fourth-order valence-corrected chi connectivity index (χ4v) is 8.39. The molecule has 4 atom stereocenters. The molecule has 38 heavy (non-hydrogen) atoms. The highest BCUT2D eigenvalue weighted by Crippen LogP contribution is 2.51. The number of hydrogen-bond acceptors (Lipinski definition) is 6. The summed E-state index contributed by atoms with van der Waals surface area (Å²) in [5, 5.41) is 10.8. The number of ether oxygens (including phenoxy) is 1. The van der Waals surface area contributed by atoms with Gasteiger partial charge < -0.3 is 9.64 Å². The van der Waals surface area contributed by atoms with E-state index in [0.717, 1.165) is 74.4 Å². The molecule has 0 N–H and O–H groups in total. The van der Waals surface area contributed by atoms with Gasteiger partial charge in [0.05, 0.1) is 35.7 Å². The van der Waals surface area contributed by atoms with E-state index < -0.39 is 0 Å². The first-order valence-electron chi connectivity index (χ1n) is 14.8. The lowest BCUT2D eigenvalue weighted by Gasteiger charge is -2.52. The Bertz CT molecular complexity index is 1340. The molecule has 204 valence electrons. The Morgan fingerprint density at radius 1 is 1.16 bits per heavy atom. The van der Waals surface area contributed by atoms with Crippen molar-refractivity contribution in [3.05, 3.63) is 34.9 Å². The normalized spacial score (nSPS) is 30.1. The molecule has 1 saturated heterocycles. The summed E-state index contributed by atoms with van der Waals surface area (Å²) in [6, 6.07) is 2.98. The molecule has 0 amide bonds. The third-order valence-corrected chi connectivity index (χ3v) is 10.2. The molecule has 4 aliphatic rings. The maximum absolute atomic E-state index is 5.86. The zero-order valence-corrected chi connectivity index (χ0v) is 23.6. The predicted molar refractivity (Wildman–Crippen MR) is 149 cm³/mol. The SMILES string of the molecule is Cc1cc(N2CCc3c(c(C)nn3CC34CCCC(C3)C(N3CCO[C@H](C)C3)CC4)C2)c2cnn(C)c2n1. The predicted octanol–water partition coefficient (Wildman–Crippen LogP) is 4.40. The summed E-state index contributed by atoms with van der Waals surface area (Å²) in [5.74, 6) is 0.836. The number of hydrogen-bond donors (Lipinski definition) is 0. The van der Waals surface area contributed by atoms with Gasteiger partial charge in [-0.1, -0.05) is 6.42 Å². The van der Waals surface area contributed by atoms with Crippen molar-refractivity contribution < 1.29 is 4.74 Å². The fraction of sp³-hybridized carbons (Fsp3) is 0.700. The molecule has 0 spiro atoms. The van der Waals surface area contributed by atoms with E-state index in [9.17, 15) is 0 Å². The number of rotatable bonds is 4. The van der Waals surface area contributed by atoms with E-state index in [1.165, 1.54) is 61.2 Å². The molecule has 7 rings (SSSR count). The molecule has 2 aliphatic carbocycles. The van der Waals surface area contributed by atoms with Crippen LogP contribution in [-0.2, 0) is 31.3 Å². The van der Waals surface area contributed by atoms with Crippen LogP contribution in [0.25, 0.3) is 11.0 Å². The van der Waals surface area contributed by atoms with Gasteiger partial charge in [-0.3, -0.25) is 14.3 Å². The molecule has 0 radical (unpaired) electrons. The first-order chi connectivity index (χ1) is 18.4. The zero-order chi connectivity index (χ0) is 26.0. The minimum Gasteiger partial charge on any atom is -0.376 e. The van der Waals surface area contributed by atoms with Crippen LogP contribution >= 0.6 is 0 Å². The molecular weight excluding hydrogens is 474 g/mol. The Morgan fingerprint density at radius 3 is 2.92 bits per heavy atom. The van der Waals surface area contributed by atoms with Crippen LogP contribution in [0, 0.1) is 25.2 Å². The van der Waals surface area contributed by atoms with E-state index in [1.54, 1.807) is 0 Å². The van der Waals surface area contributed by atoms with Gasteiger partial charge in [-0.05, 0) is 70.3 Å². The van der Waals surface area contributed by atoms with Gasteiger partial charge in [0.2, 0.25) is 0 Å². The van der Waals surface area contributed by atoms with Crippen molar-refractivity contribution in [1.82, 2.24) is 29.4 Å². The second-order valence-electron chi connectivity index (χ2n) is 12.8. The lowest BCUT2D eigenvalue weighted by Crippen LogP contribution is -2.54. The molecule has 2 aliphatic heterocycles. The van der Waals surface area contributed by atoms with E-state index in [2.05, 4.69) is 46.4 Å². The van der Waals surface area contributed by atoms with Gasteiger partial charge in [0.1, 0.15) is 0 Å². The second kappa shape index (κ2) is 9.33. The average molecular weight is 518 g/mol. The minimum absolute atomic E-state index is 0.377. The van der Waals surface area contributed by atoms with Crippen LogP contribution in [0.2, 0.25) is 0 Å². The highest BCUT2D eigenvalue weighted by molar-refractivity contribution is 5.89. The summed E-state index contributed by atoms with van der Waals surface area (Å²) >= 11 is 0. The number of fused-ring (bicyclic) bond motifs is 4. The van der Waals surface area contributed by atoms with Crippen molar-refractivity contribution in [2.45, 2.75) is 91.0 Å². The van der Waals surface area contributed by atoms with E-state index in [0.29, 0.717) is 11.5 Å². The summed E-state index contributed by atoms with van der Waals surface area (Å²) in [6.07, 6.45) is 11.6. The van der Waals surface area contributed by atoms with Gasteiger partial charge in [-0.15, -0.1) is 0 Å². The summed E-state index contributed by atoms with van der Waals surface area (Å²) in [5.41, 5.74) is 7.80. The van der Waals surface area contributed by atoms with Crippen LogP contribution in [0.3, 0.4) is 0 Å². The summed E-state index contributed by atoms with van der Waals surface area (Å²) in [6.45, 7) is 12.7. The van der Waals surface area contributed by atoms with Crippen molar-refractivity contribution in [2.75, 3.05) is 31.1 Å². The van der Waals surface area contributed by atoms with Gasteiger partial charge >= 0.3 is 0 Å². The highest BCUT2D eigenvalue weighted by atomic mass is 16.5. The van der Waals surface area contributed by atoms with Gasteiger partial charge in [0.25, 0.3) is 0 Å². The van der Waals surface area contributed by atoms with E-state index in [1.807, 2.05) is 17.9 Å². The number of pyridine rings is 1. The van der Waals surface area contributed by atoms with Gasteiger partial charge in [0, 0.05) is 69.2 Å². The molecule has 3 fully saturated rings. The van der Waals surface area contributed by atoms with Gasteiger partial charge in [-0.25, -0.2) is 4.98 Å². The molecule has 2 bridgehead atoms. The Kier molecular flexibility index (Phi) is 6.04. The van der Waals surface area contributed by atoms with Crippen molar-refractivity contribution in [1.29, 1.82) is 0 Å². The lowest BCUT2D eigenvalue weighted by atomic mass is 9.60. The molecule has 5 heterocycles. The third kappa shape index (κ3) is 4.15. The number of morpholine rings is 1. The van der Waals surface area contributed by atoms with E-state index in [-0.39, 0.29) is 0 Å². The molecule has 0 aromatic carbocycles. The lowest BCUT2D eigenvalue weighted by molar-refractivity contribution is -0.0745. The van der Waals surface area contributed by atoms with Crippen molar-refractivity contribution >= 4 is 16.7 Å². The minimum atomic E-state index is 0.377. The van der Waals surface area contributed by atoms with Crippen molar-refractivity contribution in [3.8, 4) is 0 Å². The Morgan fingerprint density at radius 2 is 2.05 bits per heavy atom. The Labute approximate surface area is 226 Å². The first kappa shape index (κ1) is 24.6. The monoisotopic (exact) mass is 517 g/mol. The van der Waals surface area contributed by atoms with Crippen LogP contribution in [-0.4, -0.2) is 67.8 Å². The smallest absolute Gasteiger partial charge is 0.159 e. The first-order valence-corrected chi connectivity index (χ1v) is 14.8. The Balaban J connectivity index is 1.11. The van der Waals surface area contributed by atoms with Gasteiger partial charge in [-0.2, -0.15) is 10.2 Å². The topological polar surface area (TPSA) is 64.2 Å². The number of aromatic nitrogens is 5.